The molecule has 12 nitrogen and oxygen atoms in total. The maximum absolute atomic E-state index is 15.7. The zero-order chi connectivity index (χ0) is 39.5. The van der Waals surface area contributed by atoms with Crippen LogP contribution in [0.15, 0.2) is 138 Å². The molecule has 0 unspecified atom stereocenters. The Kier molecular flexibility index (Phi) is 8.25. The number of hydrogen-bond acceptors (Lipinski definition) is 8. The molecule has 0 aliphatic rings. The van der Waals surface area contributed by atoms with Gasteiger partial charge in [-0.05, 0) is 70.8 Å². The van der Waals surface area contributed by atoms with E-state index in [0.29, 0.717) is 56.6 Å². The van der Waals surface area contributed by atoms with Crippen LogP contribution in [-0.2, 0) is 26.7 Å². The first-order chi connectivity index (χ1) is 28.3. The number of rotatable bonds is 8. The monoisotopic (exact) mass is 768 g/mol. The predicted octanol–water partition coefficient (Wildman–Crippen LogP) is 6.89. The van der Waals surface area contributed by atoms with E-state index in [1.165, 1.54) is 33.7 Å². The highest BCUT2D eigenvalue weighted by atomic mass is 19.1. The average molecular weight is 769 g/mol. The topological polar surface area (TPSA) is 131 Å². The number of aryl methyl sites for hydroxylation is 1. The van der Waals surface area contributed by atoms with Crippen LogP contribution in [0.3, 0.4) is 0 Å². The molecule has 0 aliphatic carbocycles. The van der Waals surface area contributed by atoms with Crippen LogP contribution in [0.2, 0.25) is 0 Å². The Balaban J connectivity index is 0.929. The van der Waals surface area contributed by atoms with Crippen LogP contribution in [0.4, 0.5) is 8.78 Å². The zero-order valence-corrected chi connectivity index (χ0v) is 30.8. The molecule has 0 spiro atoms. The Morgan fingerprint density at radius 3 is 2.07 bits per heavy atom. The molecule has 0 aliphatic heterocycles. The molecular weight excluding hydrogens is 739 g/mol. The molecule has 6 aromatic heterocycles. The summed E-state index contributed by atoms with van der Waals surface area (Å²) in [6.45, 7) is 0.244. The van der Waals surface area contributed by atoms with Crippen LogP contribution in [0.1, 0.15) is 16.7 Å². The third-order valence-electron chi connectivity index (χ3n) is 10.4. The molecule has 14 heteroatoms. The van der Waals surface area contributed by atoms with Crippen molar-refractivity contribution >= 4 is 44.1 Å². The van der Waals surface area contributed by atoms with E-state index in [2.05, 4.69) is 25.0 Å². The molecule has 4 aromatic carbocycles. The third kappa shape index (κ3) is 6.16. The van der Waals surface area contributed by atoms with Crippen molar-refractivity contribution in [3.05, 3.63) is 177 Å². The lowest BCUT2D eigenvalue weighted by molar-refractivity contribution is 0.598. The van der Waals surface area contributed by atoms with Gasteiger partial charge in [-0.15, -0.1) is 0 Å². The first kappa shape index (κ1) is 34.7. The minimum absolute atomic E-state index is 0.00355. The molecule has 58 heavy (non-hydrogen) atoms. The highest BCUT2D eigenvalue weighted by Crippen LogP contribution is 2.31. The van der Waals surface area contributed by atoms with Gasteiger partial charge < -0.3 is 0 Å². The molecule has 0 radical (unpaired) electrons. The van der Waals surface area contributed by atoms with Gasteiger partial charge in [-0.2, -0.15) is 10.2 Å². The lowest BCUT2D eigenvalue weighted by Gasteiger charge is -2.12. The van der Waals surface area contributed by atoms with E-state index < -0.39 is 17.2 Å². The van der Waals surface area contributed by atoms with Crippen LogP contribution in [0.25, 0.3) is 66.4 Å². The lowest BCUT2D eigenvalue weighted by atomic mass is 10.0. The van der Waals surface area contributed by atoms with Gasteiger partial charge in [-0.25, -0.2) is 28.7 Å². The normalized spacial score (nSPS) is 11.7. The summed E-state index contributed by atoms with van der Waals surface area (Å²) in [7, 11) is 1.86. The van der Waals surface area contributed by atoms with Crippen molar-refractivity contribution in [3.8, 4) is 22.3 Å². The van der Waals surface area contributed by atoms with Gasteiger partial charge >= 0.3 is 0 Å². The summed E-state index contributed by atoms with van der Waals surface area (Å²) in [5.74, 6) is -0.908. The van der Waals surface area contributed by atoms with Gasteiger partial charge in [0, 0.05) is 59.3 Å². The van der Waals surface area contributed by atoms with Crippen LogP contribution < -0.4 is 11.1 Å². The van der Waals surface area contributed by atoms with Crippen molar-refractivity contribution in [3.63, 3.8) is 0 Å². The summed E-state index contributed by atoms with van der Waals surface area (Å²) in [5, 5.41) is 11.0. The second kappa shape index (κ2) is 13.8. The maximum Gasteiger partial charge on any atom is 0.270 e. The first-order valence-electron chi connectivity index (χ1n) is 18.4. The van der Waals surface area contributed by atoms with Gasteiger partial charge in [0.25, 0.3) is 11.1 Å². The fourth-order valence-corrected chi connectivity index (χ4v) is 7.51. The predicted molar refractivity (Wildman–Crippen MR) is 216 cm³/mol. The molecule has 0 saturated carbocycles. The summed E-state index contributed by atoms with van der Waals surface area (Å²) in [6, 6.07) is 26.7. The van der Waals surface area contributed by atoms with Gasteiger partial charge in [0.15, 0.2) is 11.3 Å². The highest BCUT2D eigenvalue weighted by molar-refractivity contribution is 5.94. The second-order valence-corrected chi connectivity index (χ2v) is 14.1. The third-order valence-corrected chi connectivity index (χ3v) is 10.4. The number of nitrogens with zero attached hydrogens (tertiary/aromatic N) is 10. The van der Waals surface area contributed by atoms with Gasteiger partial charge in [-0.3, -0.25) is 28.1 Å². The van der Waals surface area contributed by atoms with Crippen molar-refractivity contribution in [2.75, 3.05) is 0 Å². The minimum Gasteiger partial charge on any atom is -0.285 e. The Morgan fingerprint density at radius 1 is 0.569 bits per heavy atom. The first-order valence-corrected chi connectivity index (χ1v) is 18.4. The molecule has 0 N–H and O–H groups in total. The van der Waals surface area contributed by atoms with E-state index in [4.69, 9.17) is 5.10 Å². The number of aromatic nitrogens is 10. The van der Waals surface area contributed by atoms with E-state index >= 15 is 8.78 Å². The minimum atomic E-state index is -0.464. The molecule has 0 saturated heterocycles. The van der Waals surface area contributed by atoms with Crippen molar-refractivity contribution < 1.29 is 8.78 Å². The van der Waals surface area contributed by atoms with Crippen LogP contribution in [0, 0.1) is 11.6 Å². The number of pyridine rings is 2. The van der Waals surface area contributed by atoms with Gasteiger partial charge in [0.05, 0.1) is 43.1 Å². The van der Waals surface area contributed by atoms with Crippen LogP contribution in [-0.4, -0.2) is 48.6 Å². The fourth-order valence-electron chi connectivity index (χ4n) is 7.51. The van der Waals surface area contributed by atoms with E-state index in [9.17, 15) is 9.59 Å². The van der Waals surface area contributed by atoms with E-state index in [-0.39, 0.29) is 18.6 Å². The molecule has 0 fully saturated rings. The van der Waals surface area contributed by atoms with Crippen molar-refractivity contribution in [2.45, 2.75) is 19.6 Å². The van der Waals surface area contributed by atoms with Crippen molar-refractivity contribution in [1.82, 2.24) is 48.6 Å². The molecule has 0 atom stereocenters. The Morgan fingerprint density at radius 2 is 1.26 bits per heavy atom. The second-order valence-electron chi connectivity index (χ2n) is 14.1. The zero-order valence-electron chi connectivity index (χ0n) is 30.8. The van der Waals surface area contributed by atoms with E-state index in [0.717, 1.165) is 33.0 Å². The van der Waals surface area contributed by atoms with E-state index in [1.807, 2.05) is 74.0 Å². The fraction of sp³-hybridized carbons (Fsp3) is 0.0909. The Hall–Kier alpha value is -7.74. The highest BCUT2D eigenvalue weighted by Gasteiger charge is 2.17. The summed E-state index contributed by atoms with van der Waals surface area (Å²) in [6.07, 6.45) is 9.41. The number of hydrogen-bond donors (Lipinski definition) is 0. The van der Waals surface area contributed by atoms with Gasteiger partial charge in [0.2, 0.25) is 0 Å². The number of halogens is 2. The Labute approximate surface area is 327 Å². The quantitative estimate of drug-likeness (QED) is 0.163. The molecule has 0 amide bonds. The number of benzene rings is 4. The molecule has 10 rings (SSSR count). The van der Waals surface area contributed by atoms with Crippen LogP contribution in [0.5, 0.6) is 0 Å². The SMILES string of the molecule is Cn1cc2cc(-c3ccc(Cn4c(=O)cnc5c(Cn6cc7c(-c8ccc(Cn9c(=O)cnc%10cccnc%109)c(F)c8)cccc7n6)ccnc54)c(F)c3)ccc2n1. The largest absolute Gasteiger partial charge is 0.285 e. The smallest absolute Gasteiger partial charge is 0.270 e. The molecule has 282 valence electrons. The van der Waals surface area contributed by atoms with Gasteiger partial charge in [-0.1, -0.05) is 42.5 Å². The standard InChI is InChI=1S/C44H30F2N10O2/c1-53-21-32-16-26(11-12-37(32)51-53)27-7-9-29(35(45)17-27)24-56-41(58)20-50-42-31(13-15-48-44(42)56)22-54-25-34-33(4-2-5-38(34)52-54)28-8-10-30(36(46)18-28)23-55-40(57)19-49-39-6-3-14-47-43(39)55/h2-21,25H,22-24H2,1H3. The van der Waals surface area contributed by atoms with Crippen molar-refractivity contribution in [2.24, 2.45) is 7.05 Å². The van der Waals surface area contributed by atoms with Crippen molar-refractivity contribution in [1.29, 1.82) is 0 Å². The lowest BCUT2D eigenvalue weighted by Crippen LogP contribution is -2.23. The summed E-state index contributed by atoms with van der Waals surface area (Å²) in [4.78, 5) is 43.3. The van der Waals surface area contributed by atoms with Crippen LogP contribution >= 0.6 is 0 Å². The number of fused-ring (bicyclic) bond motifs is 4. The molecular formula is C44H30F2N10O2. The average Bonchev–Trinajstić information content (AvgIpc) is 3.82. The maximum atomic E-state index is 15.7. The van der Waals surface area contributed by atoms with Gasteiger partial charge in [0.1, 0.15) is 22.7 Å². The summed E-state index contributed by atoms with van der Waals surface area (Å²) < 4.78 is 37.7. The molecule has 0 bridgehead atoms. The molecule has 6 heterocycles. The van der Waals surface area contributed by atoms with E-state index in [1.54, 1.807) is 46.0 Å². The molecule has 10 aromatic rings. The summed E-state index contributed by atoms with van der Waals surface area (Å²) in [5.41, 5.74) is 6.91. The Bertz CT molecular complexity index is 3390. The summed E-state index contributed by atoms with van der Waals surface area (Å²) >= 11 is 0.